The Labute approximate surface area is 134 Å². The number of carbonyl (C=O) groups excluding carboxylic acids is 2. The van der Waals surface area contributed by atoms with E-state index in [4.69, 9.17) is 15.9 Å². The molecule has 9 nitrogen and oxygen atoms in total. The number of nitrogens with one attached hydrogen (secondary N) is 2. The Balaban J connectivity index is 4.97. The number of carboxylic acid groups (broad SMARTS) is 2. The van der Waals surface area contributed by atoms with Crippen LogP contribution in [0.1, 0.15) is 40.0 Å². The van der Waals surface area contributed by atoms with E-state index in [0.717, 1.165) is 0 Å². The van der Waals surface area contributed by atoms with Crippen molar-refractivity contribution in [2.24, 2.45) is 11.7 Å². The Morgan fingerprint density at radius 3 is 1.87 bits per heavy atom. The van der Waals surface area contributed by atoms with E-state index in [1.165, 1.54) is 6.92 Å². The van der Waals surface area contributed by atoms with Crippen LogP contribution in [0.5, 0.6) is 0 Å². The molecule has 0 aliphatic carbocycles. The predicted octanol–water partition coefficient (Wildman–Crippen LogP) is -0.701. The minimum atomic E-state index is -1.19. The average Bonchev–Trinajstić information content (AvgIpc) is 2.41. The molecule has 0 saturated heterocycles. The third kappa shape index (κ3) is 8.77. The molecule has 0 aliphatic heterocycles. The lowest BCUT2D eigenvalue weighted by molar-refractivity contribution is -0.143. The zero-order chi connectivity index (χ0) is 18.2. The van der Waals surface area contributed by atoms with Gasteiger partial charge >= 0.3 is 11.9 Å². The van der Waals surface area contributed by atoms with Gasteiger partial charge in [-0.3, -0.25) is 14.4 Å². The highest BCUT2D eigenvalue weighted by atomic mass is 16.4. The first-order chi connectivity index (χ1) is 10.5. The van der Waals surface area contributed by atoms with Gasteiger partial charge in [-0.25, -0.2) is 4.79 Å². The lowest BCUT2D eigenvalue weighted by Crippen LogP contribution is -2.54. The van der Waals surface area contributed by atoms with E-state index < -0.39 is 41.9 Å². The van der Waals surface area contributed by atoms with Crippen LogP contribution >= 0.6 is 0 Å². The fraction of sp³-hybridized carbons (Fsp3) is 0.714. The van der Waals surface area contributed by atoms with Gasteiger partial charge in [-0.1, -0.05) is 13.8 Å². The first kappa shape index (κ1) is 20.8. The zero-order valence-corrected chi connectivity index (χ0v) is 13.5. The van der Waals surface area contributed by atoms with E-state index >= 15 is 0 Å². The van der Waals surface area contributed by atoms with Gasteiger partial charge in [0.15, 0.2) is 0 Å². The van der Waals surface area contributed by atoms with Crippen molar-refractivity contribution >= 4 is 23.8 Å². The van der Waals surface area contributed by atoms with Gasteiger partial charge in [-0.05, 0) is 25.7 Å². The summed E-state index contributed by atoms with van der Waals surface area (Å²) in [5.74, 6) is -3.65. The Kier molecular flexibility index (Phi) is 8.86. The van der Waals surface area contributed by atoms with Crippen LogP contribution in [0, 0.1) is 5.92 Å². The summed E-state index contributed by atoms with van der Waals surface area (Å²) in [5, 5.41) is 22.5. The summed E-state index contributed by atoms with van der Waals surface area (Å²) in [7, 11) is 0. The molecule has 0 radical (unpaired) electrons. The highest BCUT2D eigenvalue weighted by molar-refractivity contribution is 5.91. The molecule has 0 aliphatic rings. The van der Waals surface area contributed by atoms with Gasteiger partial charge in [0.2, 0.25) is 11.8 Å². The number of hydrogen-bond acceptors (Lipinski definition) is 5. The Morgan fingerprint density at radius 2 is 1.48 bits per heavy atom. The molecule has 0 aromatic heterocycles. The van der Waals surface area contributed by atoms with E-state index in [-0.39, 0.29) is 25.2 Å². The van der Waals surface area contributed by atoms with E-state index in [2.05, 4.69) is 10.6 Å². The van der Waals surface area contributed by atoms with Gasteiger partial charge < -0.3 is 26.6 Å². The summed E-state index contributed by atoms with van der Waals surface area (Å²) in [4.78, 5) is 45.6. The number of nitrogens with two attached hydrogens (primary N) is 1. The molecular weight excluding hydrogens is 306 g/mol. The van der Waals surface area contributed by atoms with E-state index in [0.29, 0.717) is 0 Å². The van der Waals surface area contributed by atoms with Crippen molar-refractivity contribution in [2.75, 3.05) is 0 Å². The Bertz CT molecular complexity index is 450. The van der Waals surface area contributed by atoms with Crippen LogP contribution in [0.2, 0.25) is 0 Å². The molecular formula is C14H25N3O6. The molecule has 0 heterocycles. The lowest BCUT2D eigenvalue weighted by atomic mass is 10.0. The molecule has 2 amide bonds. The summed E-state index contributed by atoms with van der Waals surface area (Å²) in [6.07, 6.45) is -0.291. The van der Waals surface area contributed by atoms with Gasteiger partial charge in [0.25, 0.3) is 0 Å². The van der Waals surface area contributed by atoms with Crippen LogP contribution in [0.25, 0.3) is 0 Å². The number of carbonyl (C=O) groups is 4. The number of carboxylic acids is 2. The van der Waals surface area contributed by atoms with Gasteiger partial charge in [-0.15, -0.1) is 0 Å². The fourth-order valence-corrected chi connectivity index (χ4v) is 1.80. The van der Waals surface area contributed by atoms with Gasteiger partial charge in [0, 0.05) is 6.42 Å². The molecule has 132 valence electrons. The van der Waals surface area contributed by atoms with Gasteiger partial charge in [0.1, 0.15) is 12.1 Å². The monoisotopic (exact) mass is 331 g/mol. The van der Waals surface area contributed by atoms with E-state index in [9.17, 15) is 19.2 Å². The Hall–Kier alpha value is -2.16. The topological polar surface area (TPSA) is 159 Å². The zero-order valence-electron chi connectivity index (χ0n) is 13.5. The minimum absolute atomic E-state index is 0.0347. The second kappa shape index (κ2) is 9.78. The van der Waals surface area contributed by atoms with Gasteiger partial charge in [-0.2, -0.15) is 0 Å². The fourth-order valence-electron chi connectivity index (χ4n) is 1.80. The maximum Gasteiger partial charge on any atom is 0.326 e. The van der Waals surface area contributed by atoms with Crippen molar-refractivity contribution in [1.82, 2.24) is 10.6 Å². The molecule has 6 N–H and O–H groups in total. The van der Waals surface area contributed by atoms with Crippen LogP contribution in [0.15, 0.2) is 0 Å². The number of amides is 2. The van der Waals surface area contributed by atoms with Crippen molar-refractivity contribution in [2.45, 2.75) is 58.2 Å². The highest BCUT2D eigenvalue weighted by Crippen LogP contribution is 2.07. The standard InChI is InChI=1S/C14H25N3O6/c1-7(2)6-10(14(22)23)17-13(21)9(4-5-11(18)19)16-12(20)8(3)15/h7-10H,4-6,15H2,1-3H3,(H,16,20)(H,17,21)(H,18,19)(H,22,23)/t8-,9-,10-/m0/s1. The summed E-state index contributed by atoms with van der Waals surface area (Å²) < 4.78 is 0. The van der Waals surface area contributed by atoms with Crippen molar-refractivity contribution in [3.63, 3.8) is 0 Å². The predicted molar refractivity (Wildman–Crippen MR) is 81.5 cm³/mol. The molecule has 3 atom stereocenters. The maximum absolute atomic E-state index is 12.2. The van der Waals surface area contributed by atoms with E-state index in [1.54, 1.807) is 0 Å². The van der Waals surface area contributed by atoms with E-state index in [1.807, 2.05) is 13.8 Å². The average molecular weight is 331 g/mol. The molecule has 9 heteroatoms. The summed E-state index contributed by atoms with van der Waals surface area (Å²) in [6, 6.07) is -3.14. The second-order valence-corrected chi connectivity index (χ2v) is 5.81. The minimum Gasteiger partial charge on any atom is -0.481 e. The van der Waals surface area contributed by atoms with Crippen molar-refractivity contribution in [3.8, 4) is 0 Å². The molecule has 0 aromatic carbocycles. The molecule has 0 aromatic rings. The van der Waals surface area contributed by atoms with Crippen molar-refractivity contribution in [1.29, 1.82) is 0 Å². The first-order valence-corrected chi connectivity index (χ1v) is 7.35. The van der Waals surface area contributed by atoms with Crippen LogP contribution in [-0.2, 0) is 19.2 Å². The Morgan fingerprint density at radius 1 is 0.957 bits per heavy atom. The van der Waals surface area contributed by atoms with Gasteiger partial charge in [0.05, 0.1) is 6.04 Å². The summed E-state index contributed by atoms with van der Waals surface area (Å²) in [5.41, 5.74) is 5.40. The first-order valence-electron chi connectivity index (χ1n) is 7.35. The third-order valence-corrected chi connectivity index (χ3v) is 3.02. The van der Waals surface area contributed by atoms with Crippen molar-refractivity contribution in [3.05, 3.63) is 0 Å². The number of aliphatic carboxylic acids is 2. The molecule has 23 heavy (non-hydrogen) atoms. The molecule has 0 unspecified atom stereocenters. The molecule has 0 spiro atoms. The van der Waals surface area contributed by atoms with Crippen LogP contribution in [0.3, 0.4) is 0 Å². The maximum atomic E-state index is 12.2. The van der Waals surface area contributed by atoms with Crippen LogP contribution < -0.4 is 16.4 Å². The summed E-state index contributed by atoms with van der Waals surface area (Å²) in [6.45, 7) is 5.03. The van der Waals surface area contributed by atoms with Crippen LogP contribution in [-0.4, -0.2) is 52.1 Å². The second-order valence-electron chi connectivity index (χ2n) is 5.81. The molecule has 0 rings (SSSR count). The number of rotatable bonds is 10. The largest absolute Gasteiger partial charge is 0.481 e. The smallest absolute Gasteiger partial charge is 0.326 e. The molecule has 0 bridgehead atoms. The number of hydrogen-bond donors (Lipinski definition) is 5. The highest BCUT2D eigenvalue weighted by Gasteiger charge is 2.28. The normalized spacial score (nSPS) is 14.7. The summed E-state index contributed by atoms with van der Waals surface area (Å²) >= 11 is 0. The lowest BCUT2D eigenvalue weighted by Gasteiger charge is -2.22. The molecule has 0 saturated carbocycles. The SMILES string of the molecule is CC(C)C[C@H](NC(=O)[C@H](CCC(=O)O)NC(=O)[C@H](C)N)C(=O)O. The quantitative estimate of drug-likeness (QED) is 0.354. The van der Waals surface area contributed by atoms with Crippen LogP contribution in [0.4, 0.5) is 0 Å². The third-order valence-electron chi connectivity index (χ3n) is 3.02. The molecule has 0 fully saturated rings. The van der Waals surface area contributed by atoms with Crippen molar-refractivity contribution < 1.29 is 29.4 Å².